The van der Waals surface area contributed by atoms with E-state index in [-0.39, 0.29) is 6.10 Å². The van der Waals surface area contributed by atoms with Gasteiger partial charge in [0, 0.05) is 25.7 Å². The molecule has 2 atom stereocenters. The number of morpholine rings is 1. The molecule has 1 aliphatic heterocycles. The molecule has 0 radical (unpaired) electrons. The molecule has 2 rings (SSSR count). The molecular weight excluding hydrogens is 368 g/mol. The lowest BCUT2D eigenvalue weighted by molar-refractivity contribution is 0.00867. The van der Waals surface area contributed by atoms with E-state index < -0.39 is 0 Å². The number of hydrogen-bond acceptors (Lipinski definition) is 5. The molecule has 1 heterocycles. The van der Waals surface area contributed by atoms with E-state index in [0.29, 0.717) is 18.5 Å². The van der Waals surface area contributed by atoms with Gasteiger partial charge in [0.1, 0.15) is 6.10 Å². The number of nitrogens with zero attached hydrogens (tertiary/aromatic N) is 2. The molecule has 2 N–H and O–H groups in total. The quantitative estimate of drug-likeness (QED) is 0.459. The summed E-state index contributed by atoms with van der Waals surface area (Å²) >= 11 is 0. The predicted molar refractivity (Wildman–Crippen MR) is 118 cm³/mol. The van der Waals surface area contributed by atoms with Crippen LogP contribution in [-0.2, 0) is 4.74 Å². The Hall–Kier alpha value is -1.99. The van der Waals surface area contributed by atoms with E-state index in [0.717, 1.165) is 56.9 Å². The molecule has 1 aromatic carbocycles. The first-order valence-electron chi connectivity index (χ1n) is 10.7. The van der Waals surface area contributed by atoms with Gasteiger partial charge in [0.25, 0.3) is 0 Å². The highest BCUT2D eigenvalue weighted by molar-refractivity contribution is 5.79. The summed E-state index contributed by atoms with van der Waals surface area (Å²) in [6.07, 6.45) is -0.0321. The molecule has 1 fully saturated rings. The van der Waals surface area contributed by atoms with E-state index in [4.69, 9.17) is 19.2 Å². The van der Waals surface area contributed by atoms with Gasteiger partial charge in [-0.1, -0.05) is 26.0 Å². The van der Waals surface area contributed by atoms with Crippen LogP contribution in [0.25, 0.3) is 0 Å². The van der Waals surface area contributed by atoms with E-state index in [1.54, 1.807) is 7.11 Å². The second-order valence-corrected chi connectivity index (χ2v) is 7.64. The summed E-state index contributed by atoms with van der Waals surface area (Å²) in [7, 11) is 1.65. The SMILES string of the molecule is CCNC(=NCC(C(C)C)N1CCOCC1)NCC(C)Oc1ccccc1OC. The third-order valence-corrected chi connectivity index (χ3v) is 5.02. The van der Waals surface area contributed by atoms with Crippen LogP contribution < -0.4 is 20.1 Å². The van der Waals surface area contributed by atoms with Gasteiger partial charge in [-0.3, -0.25) is 9.89 Å². The average Bonchev–Trinajstić information content (AvgIpc) is 2.73. The summed E-state index contributed by atoms with van der Waals surface area (Å²) in [4.78, 5) is 7.35. The van der Waals surface area contributed by atoms with Gasteiger partial charge in [-0.25, -0.2) is 0 Å². The maximum Gasteiger partial charge on any atom is 0.191 e. The highest BCUT2D eigenvalue weighted by Gasteiger charge is 2.23. The number of aliphatic imine (C=N–C) groups is 1. The van der Waals surface area contributed by atoms with Crippen LogP contribution in [0.15, 0.2) is 29.3 Å². The van der Waals surface area contributed by atoms with Crippen LogP contribution in [0.1, 0.15) is 27.7 Å². The molecule has 0 spiro atoms. The first kappa shape index (κ1) is 23.3. The number of nitrogens with one attached hydrogen (secondary N) is 2. The van der Waals surface area contributed by atoms with E-state index in [2.05, 4.69) is 36.3 Å². The fourth-order valence-electron chi connectivity index (χ4n) is 3.40. The summed E-state index contributed by atoms with van der Waals surface area (Å²) in [6, 6.07) is 8.12. The van der Waals surface area contributed by atoms with Gasteiger partial charge < -0.3 is 24.8 Å². The highest BCUT2D eigenvalue weighted by Crippen LogP contribution is 2.26. The number of para-hydroxylation sites is 2. The smallest absolute Gasteiger partial charge is 0.191 e. The first-order chi connectivity index (χ1) is 14.0. The Morgan fingerprint density at radius 2 is 1.83 bits per heavy atom. The van der Waals surface area contributed by atoms with Crippen molar-refractivity contribution in [3.8, 4) is 11.5 Å². The van der Waals surface area contributed by atoms with E-state index in [9.17, 15) is 0 Å². The number of guanidine groups is 1. The zero-order valence-electron chi connectivity index (χ0n) is 18.6. The molecule has 29 heavy (non-hydrogen) atoms. The molecule has 7 nitrogen and oxygen atoms in total. The molecule has 0 aromatic heterocycles. The molecule has 0 saturated carbocycles. The van der Waals surface area contributed by atoms with Crippen molar-refractivity contribution in [1.82, 2.24) is 15.5 Å². The van der Waals surface area contributed by atoms with Crippen molar-refractivity contribution in [2.24, 2.45) is 10.9 Å². The Balaban J connectivity index is 1.91. The molecule has 0 amide bonds. The molecular formula is C22H38N4O3. The van der Waals surface area contributed by atoms with Crippen LogP contribution in [0.3, 0.4) is 0 Å². The molecule has 1 aliphatic rings. The standard InChI is InChI=1S/C22H38N4O3/c1-6-23-22(25-16-19(17(2)3)26-11-13-28-14-12-26)24-15-18(4)29-21-10-8-7-9-20(21)27-5/h7-10,17-19H,6,11-16H2,1-5H3,(H2,23,24,25). The molecule has 0 bridgehead atoms. The van der Waals surface area contributed by atoms with Gasteiger partial charge in [0.15, 0.2) is 17.5 Å². The van der Waals surface area contributed by atoms with Crippen LogP contribution in [0, 0.1) is 5.92 Å². The minimum atomic E-state index is -0.0321. The molecule has 1 aromatic rings. The van der Waals surface area contributed by atoms with E-state index in [1.165, 1.54) is 0 Å². The zero-order valence-corrected chi connectivity index (χ0v) is 18.6. The third kappa shape index (κ3) is 7.74. The topological polar surface area (TPSA) is 67.4 Å². The Morgan fingerprint density at radius 3 is 2.45 bits per heavy atom. The van der Waals surface area contributed by atoms with Crippen molar-refractivity contribution in [3.05, 3.63) is 24.3 Å². The Labute approximate surface area is 175 Å². The molecule has 2 unspecified atom stereocenters. The van der Waals surface area contributed by atoms with E-state index in [1.807, 2.05) is 31.2 Å². The van der Waals surface area contributed by atoms with Gasteiger partial charge in [0.05, 0.1) is 33.4 Å². The average molecular weight is 407 g/mol. The van der Waals surface area contributed by atoms with Crippen molar-refractivity contribution in [2.45, 2.75) is 39.8 Å². The van der Waals surface area contributed by atoms with Gasteiger partial charge in [-0.15, -0.1) is 0 Å². The number of ether oxygens (including phenoxy) is 3. The number of methoxy groups -OCH3 is 1. The predicted octanol–water partition coefficient (Wildman–Crippen LogP) is 2.37. The summed E-state index contributed by atoms with van der Waals surface area (Å²) in [5, 5.41) is 6.74. The van der Waals surface area contributed by atoms with Crippen LogP contribution >= 0.6 is 0 Å². The maximum atomic E-state index is 6.03. The lowest BCUT2D eigenvalue weighted by Crippen LogP contribution is -2.48. The van der Waals surface area contributed by atoms with Crippen LogP contribution in [0.4, 0.5) is 0 Å². The highest BCUT2D eigenvalue weighted by atomic mass is 16.5. The third-order valence-electron chi connectivity index (χ3n) is 5.02. The lowest BCUT2D eigenvalue weighted by atomic mass is 10.0. The maximum absolute atomic E-state index is 6.03. The van der Waals surface area contributed by atoms with Crippen molar-refractivity contribution in [3.63, 3.8) is 0 Å². The summed E-state index contributed by atoms with van der Waals surface area (Å²) in [5.41, 5.74) is 0. The monoisotopic (exact) mass is 406 g/mol. The second kappa shape index (κ2) is 12.5. The van der Waals surface area contributed by atoms with Crippen molar-refractivity contribution < 1.29 is 14.2 Å². The number of benzene rings is 1. The van der Waals surface area contributed by atoms with Gasteiger partial charge in [-0.2, -0.15) is 0 Å². The fraction of sp³-hybridized carbons (Fsp3) is 0.682. The van der Waals surface area contributed by atoms with Gasteiger partial charge in [0.2, 0.25) is 0 Å². The normalized spacial score (nSPS) is 17.7. The second-order valence-electron chi connectivity index (χ2n) is 7.64. The molecule has 1 saturated heterocycles. The minimum Gasteiger partial charge on any atom is -0.493 e. The van der Waals surface area contributed by atoms with Crippen molar-refractivity contribution >= 4 is 5.96 Å². The largest absolute Gasteiger partial charge is 0.493 e. The summed E-state index contributed by atoms with van der Waals surface area (Å²) in [6.45, 7) is 14.4. The fourth-order valence-corrected chi connectivity index (χ4v) is 3.40. The minimum absolute atomic E-state index is 0.0321. The van der Waals surface area contributed by atoms with Crippen molar-refractivity contribution in [1.29, 1.82) is 0 Å². The Morgan fingerprint density at radius 1 is 1.14 bits per heavy atom. The molecule has 164 valence electrons. The number of rotatable bonds is 10. The Bertz CT molecular complexity index is 618. The van der Waals surface area contributed by atoms with Gasteiger partial charge in [-0.05, 0) is 31.9 Å². The van der Waals surface area contributed by atoms with Crippen molar-refractivity contribution in [2.75, 3.05) is 53.0 Å². The van der Waals surface area contributed by atoms with Crippen LogP contribution in [0.5, 0.6) is 11.5 Å². The summed E-state index contributed by atoms with van der Waals surface area (Å²) < 4.78 is 16.9. The zero-order chi connectivity index (χ0) is 21.1. The Kier molecular flexibility index (Phi) is 10.1. The number of hydrogen-bond donors (Lipinski definition) is 2. The molecule has 0 aliphatic carbocycles. The molecule has 7 heteroatoms. The van der Waals surface area contributed by atoms with Gasteiger partial charge >= 0.3 is 0 Å². The van der Waals surface area contributed by atoms with Crippen LogP contribution in [-0.4, -0.2) is 76.1 Å². The lowest BCUT2D eigenvalue weighted by Gasteiger charge is -2.36. The summed E-state index contributed by atoms with van der Waals surface area (Å²) in [5.74, 6) is 2.85. The van der Waals surface area contributed by atoms with Crippen LogP contribution in [0.2, 0.25) is 0 Å². The first-order valence-corrected chi connectivity index (χ1v) is 10.7. The van der Waals surface area contributed by atoms with E-state index >= 15 is 0 Å².